The number of carbonyl (C=O) groups is 1. The highest BCUT2D eigenvalue weighted by Crippen LogP contribution is 2.31. The van der Waals surface area contributed by atoms with Crippen molar-refractivity contribution in [3.8, 4) is 5.75 Å². The molecule has 0 saturated heterocycles. The number of hydrogen-bond donors (Lipinski definition) is 2. The number of aromatic nitrogens is 4. The van der Waals surface area contributed by atoms with Crippen molar-refractivity contribution in [2.24, 2.45) is 5.92 Å². The van der Waals surface area contributed by atoms with E-state index < -0.39 is 0 Å². The molecule has 4 rings (SSSR count). The third-order valence-electron chi connectivity index (χ3n) is 4.56. The van der Waals surface area contributed by atoms with Gasteiger partial charge in [0, 0.05) is 25.3 Å². The van der Waals surface area contributed by atoms with Gasteiger partial charge in [-0.15, -0.1) is 11.8 Å². The molecule has 1 aromatic carbocycles. The first-order valence-electron chi connectivity index (χ1n) is 9.01. The maximum atomic E-state index is 12.8. The quantitative estimate of drug-likeness (QED) is 0.459. The van der Waals surface area contributed by atoms with Crippen LogP contribution in [0.3, 0.4) is 0 Å². The molecule has 0 spiro atoms. The number of fused-ring (bicyclic) bond motifs is 1. The summed E-state index contributed by atoms with van der Waals surface area (Å²) in [6.45, 7) is 1.32. The fourth-order valence-corrected chi connectivity index (χ4v) is 3.87. The van der Waals surface area contributed by atoms with Crippen LogP contribution in [-0.2, 0) is 11.3 Å². The van der Waals surface area contributed by atoms with Gasteiger partial charge in [0.15, 0.2) is 5.65 Å². The smallest absolute Gasteiger partial charge is 0.223 e. The van der Waals surface area contributed by atoms with Crippen LogP contribution in [0.5, 0.6) is 5.75 Å². The molecule has 2 N–H and O–H groups in total. The fourth-order valence-electron chi connectivity index (χ4n) is 2.99. The third kappa shape index (κ3) is 4.57. The number of benzene rings is 1. The summed E-state index contributed by atoms with van der Waals surface area (Å²) < 4.78 is 0. The number of nitrogens with zero attached hydrogens (tertiary/aromatic N) is 4. The second-order valence-corrected chi connectivity index (χ2v) is 7.85. The molecule has 8 heteroatoms. The van der Waals surface area contributed by atoms with E-state index in [-0.39, 0.29) is 11.7 Å². The van der Waals surface area contributed by atoms with Gasteiger partial charge in [0.2, 0.25) is 5.91 Å². The highest BCUT2D eigenvalue weighted by molar-refractivity contribution is 7.99. The lowest BCUT2D eigenvalue weighted by Crippen LogP contribution is -2.32. The van der Waals surface area contributed by atoms with Crippen molar-refractivity contribution < 1.29 is 9.90 Å². The van der Waals surface area contributed by atoms with Crippen molar-refractivity contribution in [3.05, 3.63) is 42.5 Å². The van der Waals surface area contributed by atoms with Crippen LogP contribution in [0.15, 0.2) is 41.9 Å². The number of aromatic amines is 1. The van der Waals surface area contributed by atoms with Gasteiger partial charge in [-0.05, 0) is 36.5 Å². The van der Waals surface area contributed by atoms with Crippen molar-refractivity contribution >= 4 is 28.8 Å². The van der Waals surface area contributed by atoms with E-state index in [0.29, 0.717) is 30.3 Å². The molecule has 1 saturated carbocycles. The number of nitrogens with one attached hydrogen (secondary N) is 1. The van der Waals surface area contributed by atoms with Gasteiger partial charge in [0.1, 0.15) is 22.6 Å². The summed E-state index contributed by atoms with van der Waals surface area (Å²) in [6.07, 6.45) is 5.92. The van der Waals surface area contributed by atoms with Gasteiger partial charge in [-0.25, -0.2) is 15.0 Å². The van der Waals surface area contributed by atoms with Gasteiger partial charge in [-0.2, -0.15) is 0 Å². The first kappa shape index (κ1) is 17.8. The molecule has 2 heterocycles. The minimum Gasteiger partial charge on any atom is -0.508 e. The number of hydrogen-bond acceptors (Lipinski definition) is 6. The van der Waals surface area contributed by atoms with Gasteiger partial charge in [0.05, 0.1) is 6.33 Å². The first-order chi connectivity index (χ1) is 13.2. The van der Waals surface area contributed by atoms with E-state index in [4.69, 9.17) is 0 Å². The Balaban J connectivity index is 1.37. The third-order valence-corrected chi connectivity index (χ3v) is 5.55. The summed E-state index contributed by atoms with van der Waals surface area (Å²) in [5.74, 6) is 1.62. The lowest BCUT2D eigenvalue weighted by molar-refractivity contribution is -0.131. The van der Waals surface area contributed by atoms with E-state index in [1.807, 2.05) is 17.0 Å². The van der Waals surface area contributed by atoms with Crippen LogP contribution in [0.2, 0.25) is 0 Å². The topological polar surface area (TPSA) is 95.0 Å². The van der Waals surface area contributed by atoms with Crippen molar-refractivity contribution in [2.45, 2.75) is 30.8 Å². The number of phenolic OH excluding ortho intramolecular Hbond substituents is 1. The Bertz CT molecular complexity index is 941. The highest BCUT2D eigenvalue weighted by Gasteiger charge is 2.26. The zero-order valence-corrected chi connectivity index (χ0v) is 15.7. The molecule has 2 aromatic heterocycles. The summed E-state index contributed by atoms with van der Waals surface area (Å²) in [4.78, 5) is 30.3. The number of rotatable bonds is 8. The predicted molar refractivity (Wildman–Crippen MR) is 103 cm³/mol. The number of carbonyl (C=O) groups excluding carboxylic acids is 1. The molecule has 0 aliphatic heterocycles. The van der Waals surface area contributed by atoms with Crippen LogP contribution < -0.4 is 0 Å². The monoisotopic (exact) mass is 383 g/mol. The van der Waals surface area contributed by atoms with Crippen LogP contribution >= 0.6 is 11.8 Å². The van der Waals surface area contributed by atoms with Crippen molar-refractivity contribution in [1.29, 1.82) is 0 Å². The molecule has 0 unspecified atom stereocenters. The molecule has 1 aliphatic rings. The Morgan fingerprint density at radius 1 is 1.30 bits per heavy atom. The summed E-state index contributed by atoms with van der Waals surface area (Å²) in [5, 5.41) is 10.5. The number of H-pyrrole nitrogens is 1. The minimum atomic E-state index is 0.132. The summed E-state index contributed by atoms with van der Waals surface area (Å²) in [6, 6.07) is 7.12. The van der Waals surface area contributed by atoms with E-state index >= 15 is 0 Å². The zero-order chi connectivity index (χ0) is 18.6. The van der Waals surface area contributed by atoms with E-state index in [1.54, 1.807) is 18.5 Å². The largest absolute Gasteiger partial charge is 0.508 e. The second kappa shape index (κ2) is 7.96. The molecule has 0 radical (unpaired) electrons. The number of thioether (sulfide) groups is 1. The van der Waals surface area contributed by atoms with Crippen LogP contribution in [0.4, 0.5) is 0 Å². The van der Waals surface area contributed by atoms with Gasteiger partial charge in [-0.3, -0.25) is 4.79 Å². The van der Waals surface area contributed by atoms with E-state index in [1.165, 1.54) is 30.9 Å². The molecule has 27 heavy (non-hydrogen) atoms. The van der Waals surface area contributed by atoms with E-state index in [9.17, 15) is 9.90 Å². The molecule has 1 aliphatic carbocycles. The van der Waals surface area contributed by atoms with Crippen LogP contribution in [-0.4, -0.2) is 48.1 Å². The molecule has 7 nitrogen and oxygen atoms in total. The number of aromatic hydroxyl groups is 1. The molecule has 3 aromatic rings. The van der Waals surface area contributed by atoms with Crippen molar-refractivity contribution in [3.63, 3.8) is 0 Å². The number of imidazole rings is 1. The summed E-state index contributed by atoms with van der Waals surface area (Å²) >= 11 is 1.53. The van der Waals surface area contributed by atoms with Crippen molar-refractivity contribution in [1.82, 2.24) is 24.8 Å². The second-order valence-electron chi connectivity index (χ2n) is 6.77. The van der Waals surface area contributed by atoms with Gasteiger partial charge >= 0.3 is 0 Å². The predicted octanol–water partition coefficient (Wildman–Crippen LogP) is 2.98. The average molecular weight is 383 g/mol. The molecule has 0 atom stereocenters. The lowest BCUT2D eigenvalue weighted by atomic mass is 10.2. The molecule has 140 valence electrons. The summed E-state index contributed by atoms with van der Waals surface area (Å²) in [5.41, 5.74) is 2.40. The zero-order valence-electron chi connectivity index (χ0n) is 14.8. The minimum absolute atomic E-state index is 0.132. The Kier molecular flexibility index (Phi) is 5.24. The molecular weight excluding hydrogens is 362 g/mol. The molecule has 0 bridgehead atoms. The molecule has 1 fully saturated rings. The summed E-state index contributed by atoms with van der Waals surface area (Å²) in [7, 11) is 0. The van der Waals surface area contributed by atoms with Crippen LogP contribution in [0.1, 0.15) is 24.8 Å². The lowest BCUT2D eigenvalue weighted by Gasteiger charge is -2.23. The number of phenols is 1. The Morgan fingerprint density at radius 3 is 3.00 bits per heavy atom. The Hall–Kier alpha value is -2.61. The fraction of sp³-hybridized carbons (Fsp3) is 0.368. The highest BCUT2D eigenvalue weighted by atomic mass is 32.2. The van der Waals surface area contributed by atoms with Crippen LogP contribution in [0.25, 0.3) is 11.2 Å². The molecule has 1 amide bonds. The number of amides is 1. The Morgan fingerprint density at radius 2 is 2.19 bits per heavy atom. The SMILES string of the molecule is O=C(CCSc1ncnc2nc[nH]c12)N(Cc1cccc(O)c1)CC1CC1. The molecular formula is C19H21N5O2S. The van der Waals surface area contributed by atoms with Gasteiger partial charge < -0.3 is 15.0 Å². The standard InChI is InChI=1S/C19H21N5O2S/c25-15-3-1-2-14(8-15)10-24(9-13-4-5-13)16(26)6-7-27-19-17-18(21-11-20-17)22-12-23-19/h1-3,8,11-13,25H,4-7,9-10H2,(H,20,21,22,23). The van der Waals surface area contributed by atoms with E-state index in [2.05, 4.69) is 19.9 Å². The van der Waals surface area contributed by atoms with E-state index in [0.717, 1.165) is 22.7 Å². The van der Waals surface area contributed by atoms with Crippen molar-refractivity contribution in [2.75, 3.05) is 12.3 Å². The first-order valence-corrected chi connectivity index (χ1v) is 10.00. The van der Waals surface area contributed by atoms with Crippen LogP contribution in [0, 0.1) is 5.92 Å². The Labute approximate surface area is 161 Å². The normalized spacial score (nSPS) is 13.8. The maximum absolute atomic E-state index is 12.8. The maximum Gasteiger partial charge on any atom is 0.223 e. The van der Waals surface area contributed by atoms with Gasteiger partial charge in [-0.1, -0.05) is 12.1 Å². The average Bonchev–Trinajstić information content (AvgIpc) is 3.34. The van der Waals surface area contributed by atoms with Gasteiger partial charge in [0.25, 0.3) is 0 Å².